The Morgan fingerprint density at radius 1 is 1.20 bits per heavy atom. The first-order valence-corrected chi connectivity index (χ1v) is 10.3. The predicted octanol–water partition coefficient (Wildman–Crippen LogP) is 3.74. The van der Waals surface area contributed by atoms with E-state index in [-0.39, 0.29) is 11.7 Å². The number of benzene rings is 2. The van der Waals surface area contributed by atoms with Crippen molar-refractivity contribution in [3.8, 4) is 11.3 Å². The van der Waals surface area contributed by atoms with Gasteiger partial charge in [-0.1, -0.05) is 36.4 Å². The summed E-state index contributed by atoms with van der Waals surface area (Å²) in [5.74, 6) is 0.704. The monoisotopic (exact) mass is 405 g/mol. The molecule has 1 atom stereocenters. The second kappa shape index (κ2) is 7.36. The molecule has 3 aromatic rings. The Balaban J connectivity index is 1.34. The van der Waals surface area contributed by atoms with Crippen molar-refractivity contribution in [1.82, 2.24) is 14.5 Å². The van der Waals surface area contributed by atoms with Crippen LogP contribution in [0.5, 0.6) is 0 Å². The number of fused-ring (bicyclic) bond motifs is 1. The van der Waals surface area contributed by atoms with Crippen molar-refractivity contribution in [3.05, 3.63) is 77.5 Å². The van der Waals surface area contributed by atoms with E-state index in [1.54, 1.807) is 12.3 Å². The number of carbonyl (C=O) groups excluding carboxylic acids is 1. The van der Waals surface area contributed by atoms with Gasteiger partial charge < -0.3 is 14.2 Å². The van der Waals surface area contributed by atoms with Crippen molar-refractivity contribution in [2.45, 2.75) is 38.5 Å². The normalized spacial score (nSPS) is 20.5. The third-order valence-corrected chi connectivity index (χ3v) is 6.28. The number of carbonyl (C=O) groups is 1. The first-order chi connectivity index (χ1) is 14.5. The molecule has 0 bridgehead atoms. The van der Waals surface area contributed by atoms with Crippen molar-refractivity contribution >= 4 is 5.91 Å². The summed E-state index contributed by atoms with van der Waals surface area (Å²) >= 11 is 0. The highest BCUT2D eigenvalue weighted by Gasteiger charge is 2.44. The fraction of sp³-hybridized carbons (Fsp3) is 0.333. The third kappa shape index (κ3) is 3.41. The number of hydrogen-bond donors (Lipinski definition) is 0. The van der Waals surface area contributed by atoms with Gasteiger partial charge in [-0.3, -0.25) is 4.79 Å². The van der Waals surface area contributed by atoms with E-state index < -0.39 is 5.60 Å². The van der Waals surface area contributed by atoms with Crippen molar-refractivity contribution in [1.29, 1.82) is 0 Å². The van der Waals surface area contributed by atoms with Gasteiger partial charge >= 0.3 is 0 Å². The maximum absolute atomic E-state index is 13.7. The number of ether oxygens (including phenoxy) is 1. The summed E-state index contributed by atoms with van der Waals surface area (Å²) in [5.41, 5.74) is 3.47. The average Bonchev–Trinajstić information content (AvgIpc) is 3.34. The third-order valence-electron chi connectivity index (χ3n) is 6.28. The molecular formula is C24H24FN3O2. The fourth-order valence-corrected chi connectivity index (χ4v) is 4.52. The molecule has 3 heterocycles. The van der Waals surface area contributed by atoms with Gasteiger partial charge in [0.05, 0.1) is 31.4 Å². The zero-order valence-corrected chi connectivity index (χ0v) is 17.0. The molecule has 0 N–H and O–H groups in total. The van der Waals surface area contributed by atoms with Crippen LogP contribution in [0, 0.1) is 12.7 Å². The molecule has 5 nitrogen and oxygen atoms in total. The van der Waals surface area contributed by atoms with Crippen LogP contribution >= 0.6 is 0 Å². The van der Waals surface area contributed by atoms with Crippen LogP contribution in [0.25, 0.3) is 11.3 Å². The number of likely N-dealkylation sites (tertiary alicyclic amines) is 1. The summed E-state index contributed by atoms with van der Waals surface area (Å²) in [6.45, 7) is 4.30. The second-order valence-electron chi connectivity index (χ2n) is 8.30. The van der Waals surface area contributed by atoms with Gasteiger partial charge in [0.15, 0.2) is 0 Å². The molecular weight excluding hydrogens is 381 g/mol. The molecule has 1 fully saturated rings. The number of rotatable bonds is 3. The van der Waals surface area contributed by atoms with E-state index in [2.05, 4.69) is 9.55 Å². The Hall–Kier alpha value is -2.99. The average molecular weight is 405 g/mol. The predicted molar refractivity (Wildman–Crippen MR) is 111 cm³/mol. The highest BCUT2D eigenvalue weighted by atomic mass is 19.1. The molecule has 1 aromatic heterocycles. The molecule has 154 valence electrons. The van der Waals surface area contributed by atoms with Crippen LogP contribution in [0.15, 0.2) is 54.7 Å². The van der Waals surface area contributed by atoms with Crippen molar-refractivity contribution in [3.63, 3.8) is 0 Å². The molecule has 1 amide bonds. The minimum Gasteiger partial charge on any atom is -0.363 e. The number of aromatic nitrogens is 2. The molecule has 1 spiro atoms. The molecule has 2 aromatic carbocycles. The van der Waals surface area contributed by atoms with Crippen LogP contribution in [-0.2, 0) is 29.1 Å². The van der Waals surface area contributed by atoms with E-state index in [0.29, 0.717) is 32.7 Å². The van der Waals surface area contributed by atoms with Crippen molar-refractivity contribution in [2.24, 2.45) is 0 Å². The van der Waals surface area contributed by atoms with Crippen LogP contribution in [0.3, 0.4) is 0 Å². The van der Waals surface area contributed by atoms with Crippen LogP contribution in [0.2, 0.25) is 0 Å². The smallest absolute Gasteiger partial charge is 0.227 e. The topological polar surface area (TPSA) is 47.4 Å². The lowest BCUT2D eigenvalue weighted by atomic mass is 10.0. The summed E-state index contributed by atoms with van der Waals surface area (Å²) in [7, 11) is 0. The van der Waals surface area contributed by atoms with E-state index in [1.807, 2.05) is 42.2 Å². The lowest BCUT2D eigenvalue weighted by Crippen LogP contribution is -2.45. The molecule has 2 aliphatic rings. The molecule has 0 unspecified atom stereocenters. The molecule has 0 radical (unpaired) electrons. The van der Waals surface area contributed by atoms with Gasteiger partial charge in [-0.05, 0) is 36.6 Å². The minimum atomic E-state index is -0.419. The van der Waals surface area contributed by atoms with E-state index in [9.17, 15) is 9.18 Å². The molecule has 30 heavy (non-hydrogen) atoms. The molecule has 0 saturated carbocycles. The Kier molecular flexibility index (Phi) is 4.66. The molecule has 1 saturated heterocycles. The van der Waals surface area contributed by atoms with E-state index in [4.69, 9.17) is 4.74 Å². The maximum Gasteiger partial charge on any atom is 0.227 e. The van der Waals surface area contributed by atoms with Gasteiger partial charge in [-0.25, -0.2) is 9.37 Å². The number of imidazole rings is 1. The van der Waals surface area contributed by atoms with Crippen LogP contribution < -0.4 is 0 Å². The summed E-state index contributed by atoms with van der Waals surface area (Å²) < 4.78 is 22.1. The van der Waals surface area contributed by atoms with Crippen molar-refractivity contribution < 1.29 is 13.9 Å². The van der Waals surface area contributed by atoms with Crippen LogP contribution in [-0.4, -0.2) is 39.0 Å². The van der Waals surface area contributed by atoms with Gasteiger partial charge in [-0.15, -0.1) is 0 Å². The summed E-state index contributed by atoms with van der Waals surface area (Å²) in [5, 5.41) is 0. The lowest BCUT2D eigenvalue weighted by Gasteiger charge is -2.35. The first kappa shape index (κ1) is 19.0. The number of nitrogens with zero attached hydrogens (tertiary/aromatic N) is 3. The second-order valence-corrected chi connectivity index (χ2v) is 8.30. The molecule has 6 heteroatoms. The van der Waals surface area contributed by atoms with E-state index in [1.165, 1.54) is 12.1 Å². The highest BCUT2D eigenvalue weighted by molar-refractivity contribution is 5.79. The number of hydrogen-bond acceptors (Lipinski definition) is 3. The Labute approximate surface area is 175 Å². The summed E-state index contributed by atoms with van der Waals surface area (Å²) in [6, 6.07) is 14.6. The summed E-state index contributed by atoms with van der Waals surface area (Å²) in [4.78, 5) is 19.3. The summed E-state index contributed by atoms with van der Waals surface area (Å²) in [6.07, 6.45) is 2.98. The number of halogens is 1. The quantitative estimate of drug-likeness (QED) is 0.667. The van der Waals surface area contributed by atoms with Gasteiger partial charge in [0.25, 0.3) is 0 Å². The Morgan fingerprint density at radius 3 is 2.90 bits per heavy atom. The van der Waals surface area contributed by atoms with Crippen LogP contribution in [0.1, 0.15) is 23.4 Å². The van der Waals surface area contributed by atoms with Gasteiger partial charge in [-0.2, -0.15) is 0 Å². The van der Waals surface area contributed by atoms with Gasteiger partial charge in [0, 0.05) is 12.1 Å². The molecule has 2 aliphatic heterocycles. The van der Waals surface area contributed by atoms with Gasteiger partial charge in [0.1, 0.15) is 23.8 Å². The number of aryl methyl sites for hydroxylation is 1. The van der Waals surface area contributed by atoms with Gasteiger partial charge in [0.2, 0.25) is 5.91 Å². The number of amides is 1. The molecule has 5 rings (SSSR count). The highest BCUT2D eigenvalue weighted by Crippen LogP contribution is 2.35. The Morgan fingerprint density at radius 2 is 2.07 bits per heavy atom. The lowest BCUT2D eigenvalue weighted by molar-refractivity contribution is -0.132. The maximum atomic E-state index is 13.7. The Bertz CT molecular complexity index is 1110. The van der Waals surface area contributed by atoms with E-state index >= 15 is 0 Å². The SMILES string of the molecule is Cc1ccccc1CC(=O)N1CC[C@@]2(C1)Cn1c(-c3cccc(F)c3)cnc1CO2. The first-order valence-electron chi connectivity index (χ1n) is 10.3. The largest absolute Gasteiger partial charge is 0.363 e. The minimum absolute atomic E-state index is 0.131. The zero-order chi connectivity index (χ0) is 20.7. The standard InChI is InChI=1S/C24H24FN3O2/c1-17-5-2-3-6-18(17)12-23(29)27-10-9-24(15-27)16-28-21(13-26-22(28)14-30-24)19-7-4-8-20(25)11-19/h2-8,11,13H,9-10,12,14-16H2,1H3/t24-/m1/s1. The fourth-order valence-electron chi connectivity index (χ4n) is 4.52. The zero-order valence-electron chi connectivity index (χ0n) is 17.0. The van der Waals surface area contributed by atoms with Crippen molar-refractivity contribution in [2.75, 3.05) is 13.1 Å². The van der Waals surface area contributed by atoms with E-state index in [0.717, 1.165) is 34.6 Å². The van der Waals surface area contributed by atoms with Crippen LogP contribution in [0.4, 0.5) is 4.39 Å². The molecule has 0 aliphatic carbocycles.